The van der Waals surface area contributed by atoms with Crippen molar-refractivity contribution in [2.45, 2.75) is 0 Å². The third-order valence-corrected chi connectivity index (χ3v) is 2.27. The summed E-state index contributed by atoms with van der Waals surface area (Å²) in [4.78, 5) is 0. The summed E-state index contributed by atoms with van der Waals surface area (Å²) in [7, 11) is 0. The fraction of sp³-hybridized carbons (Fsp3) is 1.00. The van der Waals surface area contributed by atoms with Gasteiger partial charge in [-0.05, 0) is 0 Å². The van der Waals surface area contributed by atoms with Gasteiger partial charge in [-0.15, -0.1) is 0 Å². The number of nitrogens with one attached hydrogen (secondary N) is 5. The predicted molar refractivity (Wildman–Crippen MR) is 64.3 cm³/mol. The Labute approximate surface area is 95.7 Å². The molecule has 0 saturated carbocycles. The van der Waals surface area contributed by atoms with Crippen LogP contribution in [0, 0.1) is 0 Å². The van der Waals surface area contributed by atoms with Crippen molar-refractivity contribution in [3.63, 3.8) is 0 Å². The molecule has 0 radical (unpaired) electrons. The molecule has 1 aliphatic heterocycles. The monoisotopic (exact) mass is 217 g/mol. The molecule has 1 aliphatic rings. The zero-order valence-corrected chi connectivity index (χ0v) is 9.47. The van der Waals surface area contributed by atoms with Crippen LogP contribution >= 0.6 is 0 Å². The van der Waals surface area contributed by atoms with E-state index in [9.17, 15) is 0 Å². The average molecular weight is 217 g/mol. The van der Waals surface area contributed by atoms with E-state index in [1.54, 1.807) is 0 Å². The zero-order valence-electron chi connectivity index (χ0n) is 11.5. The van der Waals surface area contributed by atoms with Crippen molar-refractivity contribution < 1.29 is 2.82 Å². The molecule has 1 rings (SSSR count). The van der Waals surface area contributed by atoms with E-state index in [-0.39, 0.29) is 0 Å². The predicted octanol–water partition coefficient (Wildman–Crippen LogP) is -2.05. The first-order valence-electron chi connectivity index (χ1n) is 6.78. The number of hydrogen-bond donors (Lipinski definition) is 5. The molecule has 1 heterocycles. The first kappa shape index (κ1) is 9.99. The molecule has 0 aromatic carbocycles. The fourth-order valence-electron chi connectivity index (χ4n) is 1.41. The number of rotatable bonds is 0. The van der Waals surface area contributed by atoms with Crippen LogP contribution in [0.5, 0.6) is 0 Å². The van der Waals surface area contributed by atoms with E-state index in [1.807, 2.05) is 0 Å². The van der Waals surface area contributed by atoms with Gasteiger partial charge in [-0.3, -0.25) is 0 Å². The van der Waals surface area contributed by atoms with Gasteiger partial charge in [-0.2, -0.15) is 0 Å². The molecule has 5 heteroatoms. The molecule has 5 N–H and O–H groups in total. The van der Waals surface area contributed by atoms with Gasteiger partial charge in [0.05, 0.1) is 0 Å². The van der Waals surface area contributed by atoms with E-state index in [0.29, 0.717) is 26.2 Å². The van der Waals surface area contributed by atoms with E-state index in [2.05, 4.69) is 16.0 Å². The molecule has 1 fully saturated rings. The Morgan fingerprint density at radius 1 is 0.467 bits per heavy atom. The maximum absolute atomic E-state index is 7.69. The highest BCUT2D eigenvalue weighted by molar-refractivity contribution is 4.59. The summed E-state index contributed by atoms with van der Waals surface area (Å²) in [5.41, 5.74) is 0. The smallest absolute Gasteiger partial charge is 0.122 e. The summed E-state index contributed by atoms with van der Waals surface area (Å²) < 4.78 is 15.4. The van der Waals surface area contributed by atoms with Gasteiger partial charge >= 0.3 is 0 Å². The van der Waals surface area contributed by atoms with Crippen LogP contribution < -0.4 is 26.6 Å². The van der Waals surface area contributed by atoms with Crippen LogP contribution in [0.2, 0.25) is 2.82 Å². The van der Waals surface area contributed by atoms with E-state index >= 15 is 0 Å². The van der Waals surface area contributed by atoms with Crippen LogP contribution in [0.1, 0.15) is 0 Å². The van der Waals surface area contributed by atoms with Crippen molar-refractivity contribution in [1.82, 2.24) is 26.6 Å². The van der Waals surface area contributed by atoms with Crippen molar-refractivity contribution in [2.75, 3.05) is 65.4 Å². The Kier molecular flexibility index (Phi) is 6.87. The lowest BCUT2D eigenvalue weighted by Gasteiger charge is -2.06. The van der Waals surface area contributed by atoms with E-state index < -0.39 is 0 Å². The highest BCUT2D eigenvalue weighted by Crippen LogP contribution is 1.66. The van der Waals surface area contributed by atoms with Gasteiger partial charge in [-0.1, -0.05) is 0 Å². The zero-order chi connectivity index (χ0) is 12.3. The standard InChI is InChI=1S/C10H25N5/c1-2-12-5-6-14-9-10-15-8-7-13-4-3-11-1/h11-15H,1-10H2/i/hD2. The summed E-state index contributed by atoms with van der Waals surface area (Å²) in [6.07, 6.45) is 0. The molecule has 0 atom stereocenters. The van der Waals surface area contributed by atoms with Crippen molar-refractivity contribution in [2.24, 2.45) is 0 Å². The minimum Gasteiger partial charge on any atom is -0.314 e. The SMILES string of the molecule is [2H]N1CCNCCNCCNCCN([2H])CC1. The van der Waals surface area contributed by atoms with Crippen molar-refractivity contribution >= 4 is 0 Å². The van der Waals surface area contributed by atoms with Crippen molar-refractivity contribution in [3.8, 4) is 0 Å². The van der Waals surface area contributed by atoms with Crippen LogP contribution in [0.3, 0.4) is 0 Å². The van der Waals surface area contributed by atoms with E-state index in [0.717, 1.165) is 39.3 Å². The molecule has 0 unspecified atom stereocenters. The first-order chi connectivity index (χ1) is 8.29. The summed E-state index contributed by atoms with van der Waals surface area (Å²) in [5.74, 6) is 0. The normalized spacial score (nSPS) is 28.5. The third kappa shape index (κ3) is 8.77. The van der Waals surface area contributed by atoms with Crippen LogP contribution in [-0.2, 0) is 0 Å². The minimum absolute atomic E-state index is 0.628. The fourth-order valence-corrected chi connectivity index (χ4v) is 1.41. The molecule has 15 heavy (non-hydrogen) atoms. The maximum Gasteiger partial charge on any atom is 0.122 e. The van der Waals surface area contributed by atoms with Crippen LogP contribution in [0.4, 0.5) is 0 Å². The third-order valence-electron chi connectivity index (χ3n) is 2.27. The first-order valence-corrected chi connectivity index (χ1v) is 5.89. The second kappa shape index (κ2) is 10.3. The van der Waals surface area contributed by atoms with Crippen molar-refractivity contribution in [3.05, 3.63) is 0 Å². The lowest BCUT2D eigenvalue weighted by Crippen LogP contribution is -2.35. The van der Waals surface area contributed by atoms with Gasteiger partial charge in [0.1, 0.15) is 2.82 Å². The van der Waals surface area contributed by atoms with Crippen LogP contribution in [0.15, 0.2) is 0 Å². The molecule has 1 saturated heterocycles. The summed E-state index contributed by atoms with van der Waals surface area (Å²) in [6, 6.07) is 0. The molecule has 90 valence electrons. The molecular weight excluding hydrogens is 190 g/mol. The second-order valence-electron chi connectivity index (χ2n) is 3.59. The summed E-state index contributed by atoms with van der Waals surface area (Å²) >= 11 is 0. The molecule has 0 aromatic heterocycles. The van der Waals surface area contributed by atoms with Gasteiger partial charge < -0.3 is 26.6 Å². The Morgan fingerprint density at radius 3 is 1.13 bits per heavy atom. The van der Waals surface area contributed by atoms with Gasteiger partial charge in [-0.25, -0.2) is 0 Å². The van der Waals surface area contributed by atoms with Crippen LogP contribution in [0.25, 0.3) is 0 Å². The second-order valence-corrected chi connectivity index (χ2v) is 3.59. The maximum atomic E-state index is 7.69. The largest absolute Gasteiger partial charge is 0.314 e. The molecule has 0 aliphatic carbocycles. The molecule has 0 aromatic rings. The quantitative estimate of drug-likeness (QED) is 0.323. The van der Waals surface area contributed by atoms with Crippen molar-refractivity contribution in [1.29, 1.82) is 0 Å². The highest BCUT2D eigenvalue weighted by Gasteiger charge is 1.92. The number of hydrogen-bond acceptors (Lipinski definition) is 5. The highest BCUT2D eigenvalue weighted by atomic mass is 15.0. The van der Waals surface area contributed by atoms with Crippen LogP contribution in [-0.4, -0.2) is 65.4 Å². The Bertz CT molecular complexity index is 166. The minimum atomic E-state index is 0.628. The van der Waals surface area contributed by atoms with Gasteiger partial charge in [0.25, 0.3) is 0 Å². The Morgan fingerprint density at radius 2 is 0.733 bits per heavy atom. The topological polar surface area (TPSA) is 60.1 Å². The van der Waals surface area contributed by atoms with E-state index in [4.69, 9.17) is 2.82 Å². The van der Waals surface area contributed by atoms with E-state index in [1.165, 1.54) is 10.6 Å². The molecule has 5 nitrogen and oxygen atoms in total. The summed E-state index contributed by atoms with van der Waals surface area (Å²) in [6.45, 7) is 8.17. The molecule has 0 bridgehead atoms. The molecule has 0 amide bonds. The lowest BCUT2D eigenvalue weighted by atomic mass is 10.5. The van der Waals surface area contributed by atoms with Gasteiger partial charge in [0.2, 0.25) is 0 Å². The molecule has 0 spiro atoms. The summed E-state index contributed by atoms with van der Waals surface area (Å²) in [5, 5.41) is 13.0. The lowest BCUT2D eigenvalue weighted by molar-refractivity contribution is 0.577. The Hall–Kier alpha value is -0.200. The van der Waals surface area contributed by atoms with Gasteiger partial charge in [0.15, 0.2) is 0 Å². The molecular formula is C10H25N5. The van der Waals surface area contributed by atoms with Gasteiger partial charge in [0, 0.05) is 65.4 Å². The average Bonchev–Trinajstić information content (AvgIpc) is 2.33. The Balaban J connectivity index is 2.20.